The second-order valence-electron chi connectivity index (χ2n) is 5.29. The summed E-state index contributed by atoms with van der Waals surface area (Å²) in [5.41, 5.74) is 3.92. The third-order valence-corrected chi connectivity index (χ3v) is 3.43. The number of hydrazine groups is 2. The summed E-state index contributed by atoms with van der Waals surface area (Å²) in [7, 11) is 0. The molecule has 0 spiro atoms. The van der Waals surface area contributed by atoms with E-state index in [9.17, 15) is 19.2 Å². The summed E-state index contributed by atoms with van der Waals surface area (Å²) >= 11 is 0. The number of hydrogen-bond donors (Lipinski definition) is 4. The molecule has 5 amide bonds. The van der Waals surface area contributed by atoms with E-state index in [1.807, 2.05) is 24.7 Å². The van der Waals surface area contributed by atoms with E-state index in [-0.39, 0.29) is 37.8 Å². The lowest BCUT2D eigenvalue weighted by molar-refractivity contribution is -0.130. The van der Waals surface area contributed by atoms with Crippen molar-refractivity contribution in [2.45, 2.75) is 32.7 Å². The predicted octanol–water partition coefficient (Wildman–Crippen LogP) is -1.96. The van der Waals surface area contributed by atoms with E-state index in [2.05, 4.69) is 0 Å². The molecule has 0 saturated carbocycles. The SMILES string of the molecule is CC(C)C1C(=O)N(CCC(=O)NN)C(=O)N1CCC(=O)NN. The fourth-order valence-electron chi connectivity index (χ4n) is 2.33. The van der Waals surface area contributed by atoms with Crippen molar-refractivity contribution < 1.29 is 19.2 Å². The smallest absolute Gasteiger partial charge is 0.311 e. The standard InChI is InChI=1S/C12H22N6O4/c1-7(2)10-11(21)18(6-4-9(20)16-14)12(22)17(10)5-3-8(19)15-13/h7,10H,3-6,13-14H2,1-2H3,(H,15,19)(H,16,20). The lowest BCUT2D eigenvalue weighted by Gasteiger charge is -2.23. The van der Waals surface area contributed by atoms with Crippen LogP contribution in [0.4, 0.5) is 4.79 Å². The number of urea groups is 1. The molecule has 1 aliphatic heterocycles. The Morgan fingerprint density at radius 2 is 1.59 bits per heavy atom. The van der Waals surface area contributed by atoms with Gasteiger partial charge in [-0.25, -0.2) is 16.5 Å². The number of nitrogens with one attached hydrogen (secondary N) is 2. The minimum atomic E-state index is -0.654. The van der Waals surface area contributed by atoms with E-state index in [1.165, 1.54) is 4.90 Å². The molecule has 0 aromatic rings. The van der Waals surface area contributed by atoms with Gasteiger partial charge in [-0.15, -0.1) is 0 Å². The van der Waals surface area contributed by atoms with Gasteiger partial charge in [-0.1, -0.05) is 13.8 Å². The van der Waals surface area contributed by atoms with Gasteiger partial charge in [-0.3, -0.25) is 30.1 Å². The maximum atomic E-state index is 12.4. The molecule has 1 unspecified atom stereocenters. The molecule has 124 valence electrons. The van der Waals surface area contributed by atoms with Gasteiger partial charge in [0.1, 0.15) is 6.04 Å². The van der Waals surface area contributed by atoms with Crippen molar-refractivity contribution in [2.24, 2.45) is 17.6 Å². The summed E-state index contributed by atoms with van der Waals surface area (Å²) in [6, 6.07) is -1.17. The van der Waals surface area contributed by atoms with Crippen molar-refractivity contribution in [1.82, 2.24) is 20.7 Å². The number of amides is 5. The van der Waals surface area contributed by atoms with E-state index in [4.69, 9.17) is 11.7 Å². The second-order valence-corrected chi connectivity index (χ2v) is 5.29. The summed E-state index contributed by atoms with van der Waals surface area (Å²) in [6.45, 7) is 3.64. The summed E-state index contributed by atoms with van der Waals surface area (Å²) < 4.78 is 0. The first-order valence-electron chi connectivity index (χ1n) is 6.94. The summed E-state index contributed by atoms with van der Waals surface area (Å²) in [5.74, 6) is 8.58. The van der Waals surface area contributed by atoms with E-state index in [1.54, 1.807) is 0 Å². The Balaban J connectivity index is 2.81. The molecule has 0 bridgehead atoms. The lowest BCUT2D eigenvalue weighted by Crippen LogP contribution is -2.41. The molecule has 1 aliphatic rings. The third-order valence-electron chi connectivity index (χ3n) is 3.43. The highest BCUT2D eigenvalue weighted by Gasteiger charge is 2.46. The maximum Gasteiger partial charge on any atom is 0.327 e. The Hall–Kier alpha value is -2.20. The van der Waals surface area contributed by atoms with Crippen molar-refractivity contribution in [2.75, 3.05) is 13.1 Å². The molecule has 0 aromatic carbocycles. The molecule has 0 radical (unpaired) electrons. The van der Waals surface area contributed by atoms with Gasteiger partial charge in [-0.2, -0.15) is 0 Å². The molecule has 1 heterocycles. The van der Waals surface area contributed by atoms with E-state index in [0.29, 0.717) is 0 Å². The van der Waals surface area contributed by atoms with Crippen molar-refractivity contribution >= 4 is 23.8 Å². The van der Waals surface area contributed by atoms with Crippen LogP contribution in [0.1, 0.15) is 26.7 Å². The van der Waals surface area contributed by atoms with Crippen molar-refractivity contribution in [3.8, 4) is 0 Å². The Bertz CT molecular complexity index is 467. The Morgan fingerprint density at radius 3 is 2.05 bits per heavy atom. The zero-order chi connectivity index (χ0) is 16.9. The van der Waals surface area contributed by atoms with Crippen LogP contribution in [-0.2, 0) is 14.4 Å². The molecule has 6 N–H and O–H groups in total. The summed E-state index contributed by atoms with van der Waals surface area (Å²) in [6.07, 6.45) is -0.0776. The highest BCUT2D eigenvalue weighted by molar-refractivity contribution is 6.04. The van der Waals surface area contributed by atoms with Gasteiger partial charge in [0, 0.05) is 25.9 Å². The Labute approximate surface area is 128 Å². The van der Waals surface area contributed by atoms with Crippen molar-refractivity contribution in [3.63, 3.8) is 0 Å². The van der Waals surface area contributed by atoms with Crippen LogP contribution in [0.5, 0.6) is 0 Å². The van der Waals surface area contributed by atoms with Crippen LogP contribution in [0.25, 0.3) is 0 Å². The zero-order valence-corrected chi connectivity index (χ0v) is 12.7. The highest BCUT2D eigenvalue weighted by atomic mass is 16.2. The lowest BCUT2D eigenvalue weighted by atomic mass is 10.0. The Kier molecular flexibility index (Phi) is 6.25. The van der Waals surface area contributed by atoms with Crippen LogP contribution in [-0.4, -0.2) is 52.7 Å². The first-order valence-corrected chi connectivity index (χ1v) is 6.94. The number of nitrogens with two attached hydrogens (primary N) is 2. The van der Waals surface area contributed by atoms with Gasteiger partial charge in [0.25, 0.3) is 5.91 Å². The third kappa shape index (κ3) is 3.92. The maximum absolute atomic E-state index is 12.4. The monoisotopic (exact) mass is 314 g/mol. The number of imide groups is 1. The average molecular weight is 314 g/mol. The molecule has 1 atom stereocenters. The number of carbonyl (C=O) groups is 4. The fraction of sp³-hybridized carbons (Fsp3) is 0.667. The van der Waals surface area contributed by atoms with Crippen LogP contribution < -0.4 is 22.5 Å². The van der Waals surface area contributed by atoms with E-state index < -0.39 is 23.9 Å². The molecule has 10 nitrogen and oxygen atoms in total. The number of nitrogens with zero attached hydrogens (tertiary/aromatic N) is 2. The van der Waals surface area contributed by atoms with Crippen molar-refractivity contribution in [1.29, 1.82) is 0 Å². The first-order chi connectivity index (χ1) is 10.3. The number of hydrogen-bond acceptors (Lipinski definition) is 6. The van der Waals surface area contributed by atoms with Crippen molar-refractivity contribution in [3.05, 3.63) is 0 Å². The van der Waals surface area contributed by atoms with Gasteiger partial charge in [0.2, 0.25) is 11.8 Å². The second kappa shape index (κ2) is 7.71. The minimum absolute atomic E-state index is 0.00410. The van der Waals surface area contributed by atoms with Crippen LogP contribution in [0.15, 0.2) is 0 Å². The van der Waals surface area contributed by atoms with Gasteiger partial charge in [0.15, 0.2) is 0 Å². The topological polar surface area (TPSA) is 151 Å². The van der Waals surface area contributed by atoms with Gasteiger partial charge in [-0.05, 0) is 5.92 Å². The molecule has 0 aliphatic carbocycles. The molecular formula is C12H22N6O4. The molecule has 1 fully saturated rings. The van der Waals surface area contributed by atoms with Crippen LogP contribution in [0.2, 0.25) is 0 Å². The molecular weight excluding hydrogens is 292 g/mol. The summed E-state index contributed by atoms with van der Waals surface area (Å²) in [5, 5.41) is 0. The van der Waals surface area contributed by atoms with Gasteiger partial charge < -0.3 is 4.90 Å². The zero-order valence-electron chi connectivity index (χ0n) is 12.7. The summed E-state index contributed by atoms with van der Waals surface area (Å²) in [4.78, 5) is 49.4. The van der Waals surface area contributed by atoms with Gasteiger partial charge >= 0.3 is 6.03 Å². The Morgan fingerprint density at radius 1 is 1.09 bits per heavy atom. The normalized spacial score (nSPS) is 18.1. The van der Waals surface area contributed by atoms with Crippen LogP contribution in [0.3, 0.4) is 0 Å². The van der Waals surface area contributed by atoms with E-state index >= 15 is 0 Å². The average Bonchev–Trinajstić information content (AvgIpc) is 2.72. The van der Waals surface area contributed by atoms with E-state index in [0.717, 1.165) is 4.90 Å². The largest absolute Gasteiger partial charge is 0.327 e. The fourth-order valence-corrected chi connectivity index (χ4v) is 2.33. The first kappa shape index (κ1) is 17.9. The predicted molar refractivity (Wildman–Crippen MR) is 76.3 cm³/mol. The minimum Gasteiger partial charge on any atom is -0.311 e. The van der Waals surface area contributed by atoms with Crippen LogP contribution >= 0.6 is 0 Å². The van der Waals surface area contributed by atoms with Crippen LogP contribution in [0, 0.1) is 5.92 Å². The number of rotatable bonds is 7. The molecule has 22 heavy (non-hydrogen) atoms. The van der Waals surface area contributed by atoms with Gasteiger partial charge in [0.05, 0.1) is 0 Å². The molecule has 1 rings (SSSR count). The molecule has 10 heteroatoms. The highest BCUT2D eigenvalue weighted by Crippen LogP contribution is 2.24. The molecule has 1 saturated heterocycles. The number of carbonyl (C=O) groups excluding carboxylic acids is 4. The quantitative estimate of drug-likeness (QED) is 0.185. The molecule has 0 aromatic heterocycles.